The molecule has 0 spiro atoms. The van der Waals surface area contributed by atoms with Crippen molar-refractivity contribution in [1.82, 2.24) is 5.32 Å². The van der Waals surface area contributed by atoms with Gasteiger partial charge in [-0.15, -0.1) is 0 Å². The van der Waals surface area contributed by atoms with Crippen LogP contribution in [-0.2, 0) is 9.59 Å². The third-order valence-corrected chi connectivity index (χ3v) is 4.98. The zero-order valence-corrected chi connectivity index (χ0v) is 15.7. The van der Waals surface area contributed by atoms with E-state index in [0.717, 1.165) is 25.7 Å². The van der Waals surface area contributed by atoms with Gasteiger partial charge in [0.15, 0.2) is 5.12 Å². The van der Waals surface area contributed by atoms with E-state index in [-0.39, 0.29) is 27.9 Å². The number of carbonyl (C=O) groups is 2. The third kappa shape index (κ3) is 6.15. The van der Waals surface area contributed by atoms with Crippen LogP contribution in [0.1, 0.15) is 67.2 Å². The first-order valence-electron chi connectivity index (χ1n) is 8.24. The summed E-state index contributed by atoms with van der Waals surface area (Å²) in [6.07, 6.45) is 7.36. The fraction of sp³-hybridized carbons (Fsp3) is 0.778. The first-order valence-corrected chi connectivity index (χ1v) is 9.12. The van der Waals surface area contributed by atoms with Crippen LogP contribution >= 0.6 is 11.8 Å². The lowest BCUT2D eigenvalue weighted by Gasteiger charge is -2.29. The molecule has 126 valence electrons. The van der Waals surface area contributed by atoms with Crippen LogP contribution in [0, 0.1) is 11.3 Å². The van der Waals surface area contributed by atoms with Gasteiger partial charge < -0.3 is 5.32 Å². The van der Waals surface area contributed by atoms with Crippen molar-refractivity contribution in [2.75, 3.05) is 0 Å². The molecule has 0 aromatic rings. The summed E-state index contributed by atoms with van der Waals surface area (Å²) >= 11 is 1.42. The zero-order chi connectivity index (χ0) is 17.0. The predicted molar refractivity (Wildman–Crippen MR) is 94.8 cm³/mol. The van der Waals surface area contributed by atoms with E-state index in [1.54, 1.807) is 0 Å². The lowest BCUT2D eigenvalue weighted by atomic mass is 9.81. The molecule has 2 unspecified atom stereocenters. The van der Waals surface area contributed by atoms with Gasteiger partial charge in [0.05, 0.1) is 5.41 Å². The van der Waals surface area contributed by atoms with Crippen LogP contribution in [0.25, 0.3) is 0 Å². The fourth-order valence-electron chi connectivity index (χ4n) is 2.64. The second kappa shape index (κ2) is 7.67. The van der Waals surface area contributed by atoms with Crippen molar-refractivity contribution in [1.29, 1.82) is 0 Å². The molecule has 0 radical (unpaired) electrons. The van der Waals surface area contributed by atoms with Crippen molar-refractivity contribution in [3.63, 3.8) is 0 Å². The Kier molecular flexibility index (Phi) is 6.72. The van der Waals surface area contributed by atoms with Crippen LogP contribution in [-0.4, -0.2) is 21.8 Å². The molecule has 0 heterocycles. The molecular formula is C18H31NO2S. The van der Waals surface area contributed by atoms with Gasteiger partial charge in [0.25, 0.3) is 0 Å². The second-order valence-corrected chi connectivity index (χ2v) is 9.39. The number of nitrogens with one attached hydrogen (secondary N) is 1. The molecule has 0 bridgehead atoms. The molecule has 0 fully saturated rings. The average molecular weight is 326 g/mol. The Balaban J connectivity index is 2.71. The van der Waals surface area contributed by atoms with Gasteiger partial charge in [-0.2, -0.15) is 0 Å². The quantitative estimate of drug-likeness (QED) is 0.786. The molecule has 0 aliphatic heterocycles. The van der Waals surface area contributed by atoms with E-state index in [4.69, 9.17) is 0 Å². The molecule has 1 aliphatic rings. The Morgan fingerprint density at radius 3 is 2.50 bits per heavy atom. The normalized spacial score (nSPS) is 27.9. The minimum Gasteiger partial charge on any atom is -0.351 e. The zero-order valence-electron chi connectivity index (χ0n) is 14.9. The third-order valence-electron chi connectivity index (χ3n) is 3.83. The van der Waals surface area contributed by atoms with Gasteiger partial charge in [-0.3, -0.25) is 9.59 Å². The highest BCUT2D eigenvalue weighted by atomic mass is 32.2. The molecule has 4 heteroatoms. The number of hydrogen-bond acceptors (Lipinski definition) is 3. The van der Waals surface area contributed by atoms with Crippen LogP contribution in [0.15, 0.2) is 12.2 Å². The molecule has 1 amide bonds. The molecular weight excluding hydrogens is 294 g/mol. The van der Waals surface area contributed by atoms with E-state index in [9.17, 15) is 9.59 Å². The van der Waals surface area contributed by atoms with Gasteiger partial charge >= 0.3 is 0 Å². The second-order valence-electron chi connectivity index (χ2n) is 7.84. The number of allylic oxidation sites excluding steroid dienone is 2. The molecule has 0 aromatic carbocycles. The van der Waals surface area contributed by atoms with Crippen molar-refractivity contribution < 1.29 is 9.59 Å². The average Bonchev–Trinajstić information content (AvgIpc) is 2.30. The number of rotatable bonds is 3. The first kappa shape index (κ1) is 19.3. The van der Waals surface area contributed by atoms with E-state index in [1.807, 2.05) is 53.7 Å². The van der Waals surface area contributed by atoms with Crippen LogP contribution < -0.4 is 5.32 Å². The highest BCUT2D eigenvalue weighted by Crippen LogP contribution is 2.36. The maximum Gasteiger partial charge on any atom is 0.223 e. The highest BCUT2D eigenvalue weighted by molar-refractivity contribution is 8.14. The summed E-state index contributed by atoms with van der Waals surface area (Å²) in [5.74, 6) is 0.150. The van der Waals surface area contributed by atoms with E-state index >= 15 is 0 Å². The SMILES string of the molecule is CC(C)SC(=O)C1(C)/C=C/CC(C(=O)NC(C)(C)C)CCC1. The van der Waals surface area contributed by atoms with Gasteiger partial charge in [-0.25, -0.2) is 0 Å². The topological polar surface area (TPSA) is 46.2 Å². The summed E-state index contributed by atoms with van der Waals surface area (Å²) in [4.78, 5) is 24.7. The summed E-state index contributed by atoms with van der Waals surface area (Å²) in [6, 6.07) is 0. The minimum absolute atomic E-state index is 0.0212. The predicted octanol–water partition coefficient (Wildman–Crippen LogP) is 4.32. The summed E-state index contributed by atoms with van der Waals surface area (Å²) in [5.41, 5.74) is -0.581. The Hall–Kier alpha value is -0.770. The minimum atomic E-state index is -0.388. The molecule has 1 N–H and O–H groups in total. The maximum absolute atomic E-state index is 12.4. The van der Waals surface area contributed by atoms with Crippen LogP contribution in [0.5, 0.6) is 0 Å². The van der Waals surface area contributed by atoms with Crippen LogP contribution in [0.2, 0.25) is 0 Å². The van der Waals surface area contributed by atoms with Gasteiger partial charge in [-0.1, -0.05) is 44.2 Å². The molecule has 3 nitrogen and oxygen atoms in total. The Labute approximate surface area is 139 Å². The standard InChI is InChI=1S/C18H31NO2S/c1-13(2)22-16(21)18(6)11-7-9-14(10-8-12-18)15(20)19-17(3,4)5/h7,11,13-14H,8-10,12H2,1-6H3,(H,19,20)/b11-7+. The van der Waals surface area contributed by atoms with Crippen LogP contribution in [0.3, 0.4) is 0 Å². The highest BCUT2D eigenvalue weighted by Gasteiger charge is 2.33. The molecule has 1 rings (SSSR count). The van der Waals surface area contributed by atoms with E-state index in [1.165, 1.54) is 11.8 Å². The summed E-state index contributed by atoms with van der Waals surface area (Å²) in [7, 11) is 0. The van der Waals surface area contributed by atoms with E-state index in [2.05, 4.69) is 5.32 Å². The van der Waals surface area contributed by atoms with E-state index < -0.39 is 0 Å². The largest absolute Gasteiger partial charge is 0.351 e. The molecule has 0 saturated heterocycles. The van der Waals surface area contributed by atoms with Crippen LogP contribution in [0.4, 0.5) is 0 Å². The maximum atomic E-state index is 12.4. The Morgan fingerprint density at radius 2 is 1.95 bits per heavy atom. The van der Waals surface area contributed by atoms with E-state index in [0.29, 0.717) is 5.25 Å². The lowest BCUT2D eigenvalue weighted by molar-refractivity contribution is -0.126. The Bertz CT molecular complexity index is 437. The van der Waals surface area contributed by atoms with Crippen molar-refractivity contribution in [2.24, 2.45) is 11.3 Å². The molecule has 0 aromatic heterocycles. The fourth-order valence-corrected chi connectivity index (χ4v) is 3.51. The molecule has 2 atom stereocenters. The number of amides is 1. The molecule has 22 heavy (non-hydrogen) atoms. The monoisotopic (exact) mass is 325 g/mol. The Morgan fingerprint density at radius 1 is 1.32 bits per heavy atom. The summed E-state index contributed by atoms with van der Waals surface area (Å²) < 4.78 is 0. The van der Waals surface area contributed by atoms with Crippen molar-refractivity contribution >= 4 is 22.8 Å². The number of carbonyl (C=O) groups excluding carboxylic acids is 2. The number of hydrogen-bond donors (Lipinski definition) is 1. The smallest absolute Gasteiger partial charge is 0.223 e. The molecule has 0 saturated carbocycles. The van der Waals surface area contributed by atoms with Gasteiger partial charge in [0.2, 0.25) is 5.91 Å². The van der Waals surface area contributed by atoms with Crippen molar-refractivity contribution in [3.05, 3.63) is 12.2 Å². The van der Waals surface area contributed by atoms with Gasteiger partial charge in [0.1, 0.15) is 0 Å². The van der Waals surface area contributed by atoms with Gasteiger partial charge in [-0.05, 0) is 47.0 Å². The summed E-state index contributed by atoms with van der Waals surface area (Å²) in [6.45, 7) is 12.1. The molecule has 1 aliphatic carbocycles. The van der Waals surface area contributed by atoms with Crippen molar-refractivity contribution in [3.8, 4) is 0 Å². The van der Waals surface area contributed by atoms with Crippen molar-refractivity contribution in [2.45, 2.75) is 78.0 Å². The number of thioether (sulfide) groups is 1. The van der Waals surface area contributed by atoms with Gasteiger partial charge in [0, 0.05) is 16.7 Å². The lowest BCUT2D eigenvalue weighted by Crippen LogP contribution is -2.44. The summed E-state index contributed by atoms with van der Waals surface area (Å²) in [5, 5.41) is 3.62. The first-order chi connectivity index (χ1) is 10.0.